The highest BCUT2D eigenvalue weighted by Gasteiger charge is 2.11. The van der Waals surface area contributed by atoms with Gasteiger partial charge in [0.2, 0.25) is 5.88 Å². The van der Waals surface area contributed by atoms with Crippen LogP contribution in [0.3, 0.4) is 0 Å². The van der Waals surface area contributed by atoms with Crippen molar-refractivity contribution in [3.8, 4) is 5.88 Å². The molecule has 0 bridgehead atoms. The first-order chi connectivity index (χ1) is 10.5. The average Bonchev–Trinajstić information content (AvgIpc) is 2.45. The molecule has 0 saturated carbocycles. The van der Waals surface area contributed by atoms with E-state index >= 15 is 0 Å². The Morgan fingerprint density at radius 2 is 2.18 bits per heavy atom. The van der Waals surface area contributed by atoms with Gasteiger partial charge >= 0.3 is 5.97 Å². The van der Waals surface area contributed by atoms with Crippen molar-refractivity contribution >= 4 is 29.3 Å². The molecular weight excluding hydrogens is 329 g/mol. The monoisotopic (exact) mass is 341 g/mol. The van der Waals surface area contributed by atoms with Gasteiger partial charge in [-0.05, 0) is 18.1 Å². The summed E-state index contributed by atoms with van der Waals surface area (Å²) in [6.07, 6.45) is 3.28. The van der Waals surface area contributed by atoms with Crippen LogP contribution in [0.15, 0.2) is 23.6 Å². The summed E-state index contributed by atoms with van der Waals surface area (Å²) in [5, 5.41) is 0.869. The first-order valence-electron chi connectivity index (χ1n) is 6.33. The number of aryl methyl sites for hydroxylation is 1. The van der Waals surface area contributed by atoms with Crippen LogP contribution in [0.25, 0.3) is 0 Å². The lowest BCUT2D eigenvalue weighted by Gasteiger charge is -2.08. The van der Waals surface area contributed by atoms with E-state index in [0.29, 0.717) is 15.9 Å². The topological polar surface area (TPSA) is 65.0 Å². The second kappa shape index (κ2) is 7.51. The highest BCUT2D eigenvalue weighted by molar-refractivity contribution is 7.98. The summed E-state index contributed by atoms with van der Waals surface area (Å²) in [5.41, 5.74) is 2.01. The smallest absolute Gasteiger partial charge is 0.309 e. The van der Waals surface area contributed by atoms with Gasteiger partial charge in [0.15, 0.2) is 5.16 Å². The van der Waals surface area contributed by atoms with Gasteiger partial charge < -0.3 is 4.74 Å². The number of rotatable bonds is 5. The van der Waals surface area contributed by atoms with E-state index in [1.807, 2.05) is 6.92 Å². The van der Waals surface area contributed by atoms with Crippen LogP contribution in [-0.2, 0) is 17.2 Å². The van der Waals surface area contributed by atoms with Gasteiger partial charge in [-0.1, -0.05) is 23.4 Å². The van der Waals surface area contributed by atoms with Gasteiger partial charge in [-0.3, -0.25) is 9.78 Å². The second-order valence-corrected chi connectivity index (χ2v) is 5.76. The van der Waals surface area contributed by atoms with E-state index in [1.54, 1.807) is 12.4 Å². The Balaban J connectivity index is 2.20. The number of carbonyl (C=O) groups excluding carboxylic acids is 1. The van der Waals surface area contributed by atoms with Gasteiger partial charge in [0.25, 0.3) is 0 Å². The molecule has 116 valence electrons. The van der Waals surface area contributed by atoms with Crippen molar-refractivity contribution in [3.05, 3.63) is 40.3 Å². The van der Waals surface area contributed by atoms with E-state index in [1.165, 1.54) is 24.8 Å². The van der Waals surface area contributed by atoms with Crippen molar-refractivity contribution in [1.29, 1.82) is 0 Å². The van der Waals surface area contributed by atoms with Gasteiger partial charge in [-0.15, -0.1) is 0 Å². The number of aromatic nitrogens is 3. The Labute approximate surface area is 136 Å². The summed E-state index contributed by atoms with van der Waals surface area (Å²) in [5.74, 6) is 0.0188. The predicted octanol–water partition coefficient (Wildman–Crippen LogP) is 3.52. The first kappa shape index (κ1) is 16.6. The van der Waals surface area contributed by atoms with Gasteiger partial charge in [-0.2, -0.15) is 4.98 Å². The molecule has 0 N–H and O–H groups in total. The fourth-order valence-corrected chi connectivity index (χ4v) is 3.00. The first-order valence-corrected chi connectivity index (χ1v) is 7.70. The normalized spacial score (nSPS) is 10.5. The number of hydrogen-bond acceptors (Lipinski definition) is 6. The van der Waals surface area contributed by atoms with Gasteiger partial charge in [0, 0.05) is 31.1 Å². The molecule has 0 saturated heterocycles. The lowest BCUT2D eigenvalue weighted by atomic mass is 10.2. The fourth-order valence-electron chi connectivity index (χ4n) is 1.66. The van der Waals surface area contributed by atoms with Crippen LogP contribution in [0, 0.1) is 6.92 Å². The molecule has 2 heterocycles. The summed E-state index contributed by atoms with van der Waals surface area (Å²) in [6.45, 7) is 2.39. The van der Waals surface area contributed by atoms with Crippen molar-refractivity contribution < 1.29 is 13.9 Å². The molecule has 8 heteroatoms. The third-order valence-corrected chi connectivity index (χ3v) is 3.89. The number of ether oxygens (including phenoxy) is 1. The summed E-state index contributed by atoms with van der Waals surface area (Å²) < 4.78 is 17.7. The highest BCUT2D eigenvalue weighted by atomic mass is 35.5. The number of alkyl halides is 1. The lowest BCUT2D eigenvalue weighted by molar-refractivity contribution is -0.132. The zero-order valence-electron chi connectivity index (χ0n) is 12.0. The Hall–Kier alpha value is -1.73. The summed E-state index contributed by atoms with van der Waals surface area (Å²) in [4.78, 5) is 23.1. The number of thioether (sulfide) groups is 1. The number of nitrogens with zero attached hydrogens (tertiary/aromatic N) is 3. The Kier molecular flexibility index (Phi) is 5.68. The minimum absolute atomic E-state index is 0.0372. The Morgan fingerprint density at radius 1 is 1.41 bits per heavy atom. The molecule has 2 rings (SSSR count). The second-order valence-electron chi connectivity index (χ2n) is 4.41. The van der Waals surface area contributed by atoms with Crippen LogP contribution in [0.2, 0.25) is 5.02 Å². The zero-order valence-corrected chi connectivity index (χ0v) is 13.5. The van der Waals surface area contributed by atoms with Crippen LogP contribution in [-0.4, -0.2) is 20.9 Å². The minimum atomic E-state index is -0.764. The van der Waals surface area contributed by atoms with E-state index < -0.39 is 12.6 Å². The summed E-state index contributed by atoms with van der Waals surface area (Å²) >= 11 is 7.39. The van der Waals surface area contributed by atoms with E-state index in [9.17, 15) is 9.18 Å². The van der Waals surface area contributed by atoms with E-state index in [2.05, 4.69) is 15.0 Å². The molecule has 0 unspecified atom stereocenters. The fraction of sp³-hybridized carbons (Fsp3) is 0.286. The molecule has 0 aliphatic heterocycles. The maximum Gasteiger partial charge on any atom is 0.309 e. The molecule has 0 amide bonds. The number of pyridine rings is 1. The number of esters is 1. The molecule has 0 radical (unpaired) electrons. The molecule has 0 aliphatic rings. The number of hydrogen-bond donors (Lipinski definition) is 0. The molecular formula is C14H13ClFN3O2S. The van der Waals surface area contributed by atoms with Gasteiger partial charge in [0.05, 0.1) is 10.7 Å². The standard InChI is InChI=1S/C14H13ClFN3O2S/c1-8-5-17-6-12(15)11(8)7-22-14-18-10(4-16)3-13(19-14)21-9(2)20/h3,5-6H,4,7H2,1-2H3. The van der Waals surface area contributed by atoms with Crippen molar-refractivity contribution in [3.63, 3.8) is 0 Å². The molecule has 0 fully saturated rings. The van der Waals surface area contributed by atoms with Gasteiger partial charge in [0.1, 0.15) is 6.67 Å². The zero-order chi connectivity index (χ0) is 16.1. The van der Waals surface area contributed by atoms with Crippen LogP contribution >= 0.6 is 23.4 Å². The quantitative estimate of drug-likeness (QED) is 0.471. The number of carbonyl (C=O) groups is 1. The molecule has 0 atom stereocenters. The van der Waals surface area contributed by atoms with Crippen LogP contribution in [0.4, 0.5) is 4.39 Å². The maximum absolute atomic E-state index is 12.8. The summed E-state index contributed by atoms with van der Waals surface area (Å²) in [7, 11) is 0. The predicted molar refractivity (Wildman–Crippen MR) is 81.7 cm³/mol. The minimum Gasteiger partial charge on any atom is -0.407 e. The van der Waals surface area contributed by atoms with E-state index in [4.69, 9.17) is 16.3 Å². The van der Waals surface area contributed by atoms with Crippen LogP contribution < -0.4 is 4.74 Å². The molecule has 5 nitrogen and oxygen atoms in total. The molecule has 0 spiro atoms. The Bertz CT molecular complexity index is 680. The van der Waals surface area contributed by atoms with Gasteiger partial charge in [-0.25, -0.2) is 9.37 Å². The third-order valence-electron chi connectivity index (χ3n) is 2.69. The largest absolute Gasteiger partial charge is 0.407 e. The van der Waals surface area contributed by atoms with Crippen molar-refractivity contribution in [1.82, 2.24) is 15.0 Å². The average molecular weight is 342 g/mol. The molecule has 2 aromatic heterocycles. The van der Waals surface area contributed by atoms with E-state index in [-0.39, 0.29) is 11.6 Å². The Morgan fingerprint density at radius 3 is 2.82 bits per heavy atom. The maximum atomic E-state index is 12.8. The van der Waals surface area contributed by atoms with Crippen LogP contribution in [0.5, 0.6) is 5.88 Å². The molecule has 0 aromatic carbocycles. The van der Waals surface area contributed by atoms with Crippen LogP contribution in [0.1, 0.15) is 23.7 Å². The van der Waals surface area contributed by atoms with Crippen molar-refractivity contribution in [2.75, 3.05) is 0 Å². The summed E-state index contributed by atoms with van der Waals surface area (Å²) in [6, 6.07) is 1.30. The molecule has 0 aliphatic carbocycles. The molecule has 22 heavy (non-hydrogen) atoms. The number of halogens is 2. The molecule has 2 aromatic rings. The van der Waals surface area contributed by atoms with Crippen molar-refractivity contribution in [2.24, 2.45) is 0 Å². The third kappa shape index (κ3) is 4.38. The van der Waals surface area contributed by atoms with Crippen molar-refractivity contribution in [2.45, 2.75) is 31.4 Å². The lowest BCUT2D eigenvalue weighted by Crippen LogP contribution is -2.05. The van der Waals surface area contributed by atoms with E-state index in [0.717, 1.165) is 11.1 Å². The SMILES string of the molecule is CC(=O)Oc1cc(CF)nc(SCc2c(C)cncc2Cl)n1. The highest BCUT2D eigenvalue weighted by Crippen LogP contribution is 2.27.